The molecule has 1 aliphatic carbocycles. The van der Waals surface area contributed by atoms with Gasteiger partial charge >= 0.3 is 0 Å². The summed E-state index contributed by atoms with van der Waals surface area (Å²) in [7, 11) is -3.62. The lowest BCUT2D eigenvalue weighted by Crippen LogP contribution is -2.49. The second kappa shape index (κ2) is 7.76. The van der Waals surface area contributed by atoms with Crippen LogP contribution in [0.1, 0.15) is 28.8 Å². The second-order valence-electron chi connectivity index (χ2n) is 7.60. The van der Waals surface area contributed by atoms with E-state index in [-0.39, 0.29) is 22.7 Å². The fourth-order valence-electron chi connectivity index (χ4n) is 3.52. The van der Waals surface area contributed by atoms with Crippen molar-refractivity contribution < 1.29 is 17.6 Å². The number of sulfonamides is 1. The van der Waals surface area contributed by atoms with Crippen molar-refractivity contribution in [1.29, 1.82) is 0 Å². The SMILES string of the molecule is Cc1ccc(S(=O)(=O)NC2CC2)cc1C(=O)N1CCN(c2ccccc2F)CC1. The van der Waals surface area contributed by atoms with Crippen molar-refractivity contribution in [3.05, 3.63) is 59.4 Å². The normalized spacial score (nSPS) is 17.4. The summed E-state index contributed by atoms with van der Waals surface area (Å²) >= 11 is 0. The third kappa shape index (κ3) is 4.28. The van der Waals surface area contributed by atoms with Crippen LogP contribution in [0.3, 0.4) is 0 Å². The first-order chi connectivity index (χ1) is 13.8. The number of para-hydroxylation sites is 1. The van der Waals surface area contributed by atoms with E-state index in [2.05, 4.69) is 4.72 Å². The van der Waals surface area contributed by atoms with Gasteiger partial charge in [0.25, 0.3) is 5.91 Å². The number of aryl methyl sites for hydroxylation is 1. The molecule has 154 valence electrons. The van der Waals surface area contributed by atoms with Gasteiger partial charge < -0.3 is 9.80 Å². The molecule has 2 aromatic rings. The van der Waals surface area contributed by atoms with Crippen molar-refractivity contribution in [2.45, 2.75) is 30.7 Å². The van der Waals surface area contributed by atoms with Crippen LogP contribution in [0.25, 0.3) is 0 Å². The predicted octanol–water partition coefficient (Wildman–Crippen LogP) is 2.54. The molecule has 4 rings (SSSR count). The summed E-state index contributed by atoms with van der Waals surface area (Å²) in [6.45, 7) is 3.74. The molecular weight excluding hydrogens is 393 g/mol. The maximum Gasteiger partial charge on any atom is 0.254 e. The molecule has 0 spiro atoms. The van der Waals surface area contributed by atoms with E-state index in [4.69, 9.17) is 0 Å². The quantitative estimate of drug-likeness (QED) is 0.812. The molecule has 0 atom stereocenters. The minimum atomic E-state index is -3.62. The van der Waals surface area contributed by atoms with E-state index in [1.165, 1.54) is 18.2 Å². The average molecular weight is 418 g/mol. The number of amides is 1. The van der Waals surface area contributed by atoms with Crippen molar-refractivity contribution in [3.63, 3.8) is 0 Å². The summed E-state index contributed by atoms with van der Waals surface area (Å²) in [5.41, 5.74) is 1.66. The molecule has 1 heterocycles. The number of benzene rings is 2. The Labute approximate surface area is 170 Å². The van der Waals surface area contributed by atoms with Gasteiger partial charge in [-0.1, -0.05) is 18.2 Å². The van der Waals surface area contributed by atoms with Crippen LogP contribution in [-0.4, -0.2) is 51.4 Å². The van der Waals surface area contributed by atoms with Gasteiger partial charge in [0.2, 0.25) is 10.0 Å². The van der Waals surface area contributed by atoms with Crippen LogP contribution in [0.4, 0.5) is 10.1 Å². The summed E-state index contributed by atoms with van der Waals surface area (Å²) in [6.07, 6.45) is 1.70. The maximum atomic E-state index is 14.0. The number of carbonyl (C=O) groups excluding carboxylic acids is 1. The molecule has 6 nitrogen and oxygen atoms in total. The zero-order valence-electron chi connectivity index (χ0n) is 16.3. The summed E-state index contributed by atoms with van der Waals surface area (Å²) in [5.74, 6) is -0.469. The number of rotatable bonds is 5. The Morgan fingerprint density at radius 1 is 1.07 bits per heavy atom. The van der Waals surface area contributed by atoms with E-state index >= 15 is 0 Å². The highest BCUT2D eigenvalue weighted by Gasteiger charge is 2.29. The van der Waals surface area contributed by atoms with Gasteiger partial charge in [-0.05, 0) is 49.6 Å². The molecular formula is C21H24FN3O3S. The molecule has 2 aromatic carbocycles. The highest BCUT2D eigenvalue weighted by Crippen LogP contribution is 2.25. The molecule has 8 heteroatoms. The van der Waals surface area contributed by atoms with Gasteiger partial charge in [-0.2, -0.15) is 0 Å². The van der Waals surface area contributed by atoms with Crippen LogP contribution in [0.5, 0.6) is 0 Å². The number of carbonyl (C=O) groups is 1. The van der Waals surface area contributed by atoms with E-state index < -0.39 is 10.0 Å². The van der Waals surface area contributed by atoms with Crippen molar-refractivity contribution in [2.75, 3.05) is 31.1 Å². The molecule has 0 bridgehead atoms. The Morgan fingerprint density at radius 2 is 1.76 bits per heavy atom. The van der Waals surface area contributed by atoms with Crippen LogP contribution in [0.2, 0.25) is 0 Å². The summed E-state index contributed by atoms with van der Waals surface area (Å²) in [4.78, 5) is 16.8. The van der Waals surface area contributed by atoms with Crippen molar-refractivity contribution >= 4 is 21.6 Å². The lowest BCUT2D eigenvalue weighted by molar-refractivity contribution is 0.0745. The highest BCUT2D eigenvalue weighted by atomic mass is 32.2. The number of hydrogen-bond acceptors (Lipinski definition) is 4. The molecule has 2 fully saturated rings. The summed E-state index contributed by atoms with van der Waals surface area (Å²) < 4.78 is 41.7. The van der Waals surface area contributed by atoms with E-state index in [0.29, 0.717) is 37.4 Å². The molecule has 0 radical (unpaired) electrons. The third-order valence-electron chi connectivity index (χ3n) is 5.41. The molecule has 1 N–H and O–H groups in total. The van der Waals surface area contributed by atoms with Gasteiger partial charge in [0.15, 0.2) is 0 Å². The van der Waals surface area contributed by atoms with Gasteiger partial charge in [-0.3, -0.25) is 4.79 Å². The summed E-state index contributed by atoms with van der Waals surface area (Å²) in [5, 5.41) is 0. The van der Waals surface area contributed by atoms with Crippen LogP contribution in [0.15, 0.2) is 47.4 Å². The Balaban J connectivity index is 1.49. The first kappa shape index (κ1) is 19.8. The van der Waals surface area contributed by atoms with Gasteiger partial charge in [0.05, 0.1) is 10.6 Å². The Bertz CT molecular complexity index is 1030. The lowest BCUT2D eigenvalue weighted by Gasteiger charge is -2.36. The van der Waals surface area contributed by atoms with Crippen LogP contribution >= 0.6 is 0 Å². The maximum absolute atomic E-state index is 14.0. The largest absolute Gasteiger partial charge is 0.366 e. The number of halogens is 1. The number of piperazine rings is 1. The van der Waals surface area contributed by atoms with Crippen LogP contribution < -0.4 is 9.62 Å². The minimum absolute atomic E-state index is 0.00640. The predicted molar refractivity (Wildman–Crippen MR) is 109 cm³/mol. The average Bonchev–Trinajstić information content (AvgIpc) is 3.51. The second-order valence-corrected chi connectivity index (χ2v) is 9.32. The molecule has 0 aromatic heterocycles. The number of hydrogen-bond donors (Lipinski definition) is 1. The smallest absolute Gasteiger partial charge is 0.254 e. The zero-order chi connectivity index (χ0) is 20.6. The molecule has 2 aliphatic rings. The number of nitrogens with zero attached hydrogens (tertiary/aromatic N) is 2. The molecule has 1 saturated heterocycles. The Hall–Kier alpha value is -2.45. The topological polar surface area (TPSA) is 69.7 Å². The molecule has 1 amide bonds. The van der Waals surface area contributed by atoms with E-state index in [1.807, 2.05) is 4.90 Å². The Kier molecular flexibility index (Phi) is 5.31. The molecule has 29 heavy (non-hydrogen) atoms. The zero-order valence-corrected chi connectivity index (χ0v) is 17.1. The first-order valence-electron chi connectivity index (χ1n) is 9.77. The van der Waals surface area contributed by atoms with Crippen LogP contribution in [-0.2, 0) is 10.0 Å². The third-order valence-corrected chi connectivity index (χ3v) is 6.93. The van der Waals surface area contributed by atoms with Crippen molar-refractivity contribution in [2.24, 2.45) is 0 Å². The van der Waals surface area contributed by atoms with Crippen LogP contribution in [0, 0.1) is 12.7 Å². The first-order valence-corrected chi connectivity index (χ1v) is 11.3. The van der Waals surface area contributed by atoms with E-state index in [1.54, 1.807) is 36.1 Å². The van der Waals surface area contributed by atoms with Crippen molar-refractivity contribution in [3.8, 4) is 0 Å². The fourth-order valence-corrected chi connectivity index (χ4v) is 4.85. The summed E-state index contributed by atoms with van der Waals surface area (Å²) in [6, 6.07) is 11.3. The standard InChI is InChI=1S/C21H24FN3O3S/c1-15-6-9-17(29(27,28)23-16-7-8-16)14-18(15)21(26)25-12-10-24(11-13-25)20-5-3-2-4-19(20)22/h2-6,9,14,16,23H,7-8,10-13H2,1H3. The van der Waals surface area contributed by atoms with E-state index in [9.17, 15) is 17.6 Å². The van der Waals surface area contributed by atoms with Gasteiger partial charge in [0, 0.05) is 37.8 Å². The minimum Gasteiger partial charge on any atom is -0.366 e. The lowest BCUT2D eigenvalue weighted by atomic mass is 10.1. The van der Waals surface area contributed by atoms with Gasteiger partial charge in [-0.25, -0.2) is 17.5 Å². The number of anilines is 1. The molecule has 0 unspecified atom stereocenters. The molecule has 1 saturated carbocycles. The van der Waals surface area contributed by atoms with Gasteiger partial charge in [0.1, 0.15) is 5.82 Å². The van der Waals surface area contributed by atoms with E-state index in [0.717, 1.165) is 18.4 Å². The molecule has 1 aliphatic heterocycles. The fraction of sp³-hybridized carbons (Fsp3) is 0.381. The highest BCUT2D eigenvalue weighted by molar-refractivity contribution is 7.89. The van der Waals surface area contributed by atoms with Crippen molar-refractivity contribution in [1.82, 2.24) is 9.62 Å². The van der Waals surface area contributed by atoms with Gasteiger partial charge in [-0.15, -0.1) is 0 Å². The number of nitrogens with one attached hydrogen (secondary N) is 1. The Morgan fingerprint density at radius 3 is 2.41 bits per heavy atom. The monoisotopic (exact) mass is 417 g/mol.